The van der Waals surface area contributed by atoms with Gasteiger partial charge in [-0.25, -0.2) is 9.97 Å². The third-order valence-corrected chi connectivity index (χ3v) is 5.16. The fourth-order valence-corrected chi connectivity index (χ4v) is 3.79. The number of hydrogen-bond donors (Lipinski definition) is 1. The summed E-state index contributed by atoms with van der Waals surface area (Å²) in [5.41, 5.74) is 7.48. The summed E-state index contributed by atoms with van der Waals surface area (Å²) < 4.78 is 8.95. The maximum atomic E-state index is 11.1. The Morgan fingerprint density at radius 3 is 2.89 bits per heavy atom. The van der Waals surface area contributed by atoms with Crippen LogP contribution in [0.4, 0.5) is 0 Å². The van der Waals surface area contributed by atoms with Crippen molar-refractivity contribution < 1.29 is 9.53 Å². The largest absolute Gasteiger partial charge is 0.475 e. The van der Waals surface area contributed by atoms with E-state index in [0.717, 1.165) is 11.1 Å². The highest BCUT2D eigenvalue weighted by atomic mass is 32.1. The normalized spacial score (nSPS) is 11.5. The number of amides is 1. The number of fused-ring (bicyclic) bond motifs is 2. The zero-order chi connectivity index (χ0) is 19.0. The molecule has 0 aliphatic rings. The molecule has 0 aliphatic carbocycles. The summed E-state index contributed by atoms with van der Waals surface area (Å²) in [7, 11) is 0. The first-order chi connectivity index (χ1) is 13.0. The first-order valence-corrected chi connectivity index (χ1v) is 9.55. The Bertz CT molecular complexity index is 1130. The lowest BCUT2D eigenvalue weighted by molar-refractivity contribution is -0.118. The van der Waals surface area contributed by atoms with Crippen molar-refractivity contribution in [2.45, 2.75) is 26.2 Å². The molecule has 4 aromatic rings. The van der Waals surface area contributed by atoms with Gasteiger partial charge in [0.1, 0.15) is 12.2 Å². The molecule has 2 N–H and O–H groups in total. The smallest absolute Gasteiger partial charge is 0.244 e. The van der Waals surface area contributed by atoms with Gasteiger partial charge in [0.2, 0.25) is 11.8 Å². The number of carbonyl (C=O) groups excluding carboxylic acids is 1. The summed E-state index contributed by atoms with van der Waals surface area (Å²) in [4.78, 5) is 24.7. The van der Waals surface area contributed by atoms with E-state index in [1.54, 1.807) is 17.7 Å². The highest BCUT2D eigenvalue weighted by molar-refractivity contribution is 7.17. The fraction of sp³-hybridized carbons (Fsp3) is 0.263. The summed E-state index contributed by atoms with van der Waals surface area (Å²) in [6.07, 6.45) is 1.86. The van der Waals surface area contributed by atoms with Crippen molar-refractivity contribution in [1.29, 1.82) is 0 Å². The monoisotopic (exact) mass is 381 g/mol. The van der Waals surface area contributed by atoms with E-state index in [1.807, 2.05) is 30.5 Å². The zero-order valence-corrected chi connectivity index (χ0v) is 15.9. The number of ether oxygens (including phenoxy) is 1. The van der Waals surface area contributed by atoms with Gasteiger partial charge in [-0.05, 0) is 6.07 Å². The van der Waals surface area contributed by atoms with Crippen molar-refractivity contribution in [3.63, 3.8) is 0 Å². The van der Waals surface area contributed by atoms with Crippen molar-refractivity contribution in [3.8, 4) is 11.6 Å². The van der Waals surface area contributed by atoms with E-state index in [9.17, 15) is 4.79 Å². The Labute approximate surface area is 159 Å². The van der Waals surface area contributed by atoms with Gasteiger partial charge in [-0.3, -0.25) is 9.36 Å². The highest BCUT2D eigenvalue weighted by Crippen LogP contribution is 2.33. The predicted molar refractivity (Wildman–Crippen MR) is 105 cm³/mol. The number of thiophene rings is 1. The molecule has 0 atom stereocenters. The van der Waals surface area contributed by atoms with Crippen molar-refractivity contribution >= 4 is 38.5 Å². The van der Waals surface area contributed by atoms with Crippen molar-refractivity contribution in [1.82, 2.24) is 19.5 Å². The molecule has 0 bridgehead atoms. The number of benzene rings is 1. The molecule has 0 saturated carbocycles. The molecule has 4 rings (SSSR count). The molecule has 0 aliphatic heterocycles. The van der Waals surface area contributed by atoms with Crippen molar-refractivity contribution in [2.75, 3.05) is 6.61 Å². The Morgan fingerprint density at radius 2 is 2.11 bits per heavy atom. The molecule has 8 heteroatoms. The Morgan fingerprint density at radius 1 is 1.30 bits per heavy atom. The summed E-state index contributed by atoms with van der Waals surface area (Å²) >= 11 is 1.66. The van der Waals surface area contributed by atoms with Crippen LogP contribution in [0, 0.1) is 0 Å². The molecule has 0 saturated heterocycles. The van der Waals surface area contributed by atoms with Gasteiger partial charge in [0.25, 0.3) is 0 Å². The van der Waals surface area contributed by atoms with Gasteiger partial charge < -0.3 is 10.5 Å². The average Bonchev–Trinajstić information content (AvgIpc) is 3.24. The van der Waals surface area contributed by atoms with Crippen LogP contribution < -0.4 is 10.5 Å². The van der Waals surface area contributed by atoms with Crippen LogP contribution in [0.15, 0.2) is 36.0 Å². The van der Waals surface area contributed by atoms with E-state index in [1.165, 1.54) is 4.70 Å². The molecule has 0 fully saturated rings. The van der Waals surface area contributed by atoms with Crippen molar-refractivity contribution in [3.05, 3.63) is 41.8 Å². The average molecular weight is 381 g/mol. The zero-order valence-electron chi connectivity index (χ0n) is 15.0. The second-order valence-corrected chi connectivity index (χ2v) is 7.42. The Hall–Kier alpha value is -3.00. The minimum Gasteiger partial charge on any atom is -0.475 e. The number of aromatic nitrogens is 4. The maximum Gasteiger partial charge on any atom is 0.244 e. The van der Waals surface area contributed by atoms with Gasteiger partial charge in [0, 0.05) is 21.4 Å². The summed E-state index contributed by atoms with van der Waals surface area (Å²) in [5.74, 6) is 0.775. The van der Waals surface area contributed by atoms with Crippen LogP contribution >= 0.6 is 11.3 Å². The number of rotatable bonds is 6. The molecule has 27 heavy (non-hydrogen) atoms. The van der Waals surface area contributed by atoms with E-state index < -0.39 is 5.91 Å². The second-order valence-electron chi connectivity index (χ2n) is 6.51. The molecule has 0 spiro atoms. The SMILES string of the molecule is CC(C)c1nc(OCCC(N)=O)c2c(ncn2-c2csc3ccccc23)n1. The van der Waals surface area contributed by atoms with Crippen LogP contribution in [0.2, 0.25) is 0 Å². The molecule has 0 unspecified atom stereocenters. The van der Waals surface area contributed by atoms with Gasteiger partial charge >= 0.3 is 0 Å². The minimum atomic E-state index is -0.415. The van der Waals surface area contributed by atoms with Gasteiger partial charge in [-0.15, -0.1) is 11.3 Å². The summed E-state index contributed by atoms with van der Waals surface area (Å²) in [5, 5.41) is 3.20. The topological polar surface area (TPSA) is 95.9 Å². The van der Waals surface area contributed by atoms with Crippen LogP contribution in [0.3, 0.4) is 0 Å². The molecule has 1 amide bonds. The van der Waals surface area contributed by atoms with E-state index >= 15 is 0 Å². The van der Waals surface area contributed by atoms with Crippen molar-refractivity contribution in [2.24, 2.45) is 5.73 Å². The van der Waals surface area contributed by atoms with E-state index in [0.29, 0.717) is 22.9 Å². The minimum absolute atomic E-state index is 0.123. The lowest BCUT2D eigenvalue weighted by Gasteiger charge is -2.11. The second kappa shape index (κ2) is 6.96. The first-order valence-electron chi connectivity index (χ1n) is 8.67. The maximum absolute atomic E-state index is 11.1. The number of carbonyl (C=O) groups is 1. The van der Waals surface area contributed by atoms with E-state index in [4.69, 9.17) is 10.5 Å². The van der Waals surface area contributed by atoms with Crippen LogP contribution in [0.25, 0.3) is 26.9 Å². The lowest BCUT2D eigenvalue weighted by Crippen LogP contribution is -2.15. The quantitative estimate of drug-likeness (QED) is 0.552. The summed E-state index contributed by atoms with van der Waals surface area (Å²) in [6.45, 7) is 4.18. The van der Waals surface area contributed by atoms with Gasteiger partial charge in [-0.1, -0.05) is 32.0 Å². The molecular formula is C19H19N5O2S. The van der Waals surface area contributed by atoms with Gasteiger partial charge in [0.15, 0.2) is 11.2 Å². The lowest BCUT2D eigenvalue weighted by atomic mass is 10.2. The highest BCUT2D eigenvalue weighted by Gasteiger charge is 2.19. The number of primary amides is 1. The number of nitrogens with zero attached hydrogens (tertiary/aromatic N) is 4. The molecule has 3 aromatic heterocycles. The molecule has 138 valence electrons. The van der Waals surface area contributed by atoms with Crippen LogP contribution in [-0.4, -0.2) is 32.0 Å². The van der Waals surface area contributed by atoms with Crippen LogP contribution in [-0.2, 0) is 4.79 Å². The number of nitrogens with two attached hydrogens (primary N) is 1. The number of imidazole rings is 1. The Kier molecular flexibility index (Phi) is 4.49. The van der Waals surface area contributed by atoms with Gasteiger partial charge in [0.05, 0.1) is 18.7 Å². The molecule has 0 radical (unpaired) electrons. The van der Waals surface area contributed by atoms with Crippen LogP contribution in [0.1, 0.15) is 32.0 Å². The standard InChI is InChI=1S/C19H19N5O2S/c1-11(2)17-22-18-16(19(23-17)26-8-7-15(20)25)24(10-21-18)13-9-27-14-6-4-3-5-12(13)14/h3-6,9-11H,7-8H2,1-2H3,(H2,20,25). The first kappa shape index (κ1) is 17.4. The third-order valence-electron chi connectivity index (χ3n) is 4.21. The predicted octanol–water partition coefficient (Wildman–Crippen LogP) is 3.41. The molecule has 3 heterocycles. The fourth-order valence-electron chi connectivity index (χ4n) is 2.85. The molecular weight excluding hydrogens is 362 g/mol. The van der Waals surface area contributed by atoms with E-state index in [-0.39, 0.29) is 18.9 Å². The van der Waals surface area contributed by atoms with Gasteiger partial charge in [-0.2, -0.15) is 4.98 Å². The van der Waals surface area contributed by atoms with Crippen LogP contribution in [0.5, 0.6) is 5.88 Å². The number of hydrogen-bond acceptors (Lipinski definition) is 6. The molecule has 7 nitrogen and oxygen atoms in total. The molecule has 1 aromatic carbocycles. The summed E-state index contributed by atoms with van der Waals surface area (Å²) in [6, 6.07) is 8.19. The van der Waals surface area contributed by atoms with E-state index in [2.05, 4.69) is 32.5 Å². The third kappa shape index (κ3) is 3.23. The Balaban J connectivity index is 1.87.